The minimum atomic E-state index is -0.307. The molecule has 0 bridgehead atoms. The van der Waals surface area contributed by atoms with Crippen molar-refractivity contribution in [2.45, 2.75) is 13.2 Å². The molecule has 2 N–H and O–H groups in total. The van der Waals surface area contributed by atoms with Crippen LogP contribution in [-0.2, 0) is 13.2 Å². The molecule has 8 heteroatoms. The number of halogens is 2. The first-order valence-corrected chi connectivity index (χ1v) is 9.36. The number of anilines is 2. The lowest BCUT2D eigenvalue weighted by atomic mass is 10.2. The molecule has 0 atom stereocenters. The Morgan fingerprint density at radius 1 is 1.14 bits per heavy atom. The Balaban J connectivity index is 1.53. The molecule has 29 heavy (non-hydrogen) atoms. The maximum Gasteiger partial charge on any atom is 0.158 e. The summed E-state index contributed by atoms with van der Waals surface area (Å²) in [7, 11) is 0. The number of nitrogens with zero attached hydrogens (tertiary/aromatic N) is 3. The molecule has 0 aliphatic heterocycles. The second-order valence-corrected chi connectivity index (χ2v) is 6.78. The summed E-state index contributed by atoms with van der Waals surface area (Å²) in [4.78, 5) is 8.57. The first-order chi connectivity index (χ1) is 14.1. The Hall–Kier alpha value is -3.16. The number of aliphatic hydroxyl groups is 1. The number of rotatable bonds is 7. The second kappa shape index (κ2) is 8.46. The third-order valence-electron chi connectivity index (χ3n) is 4.37. The van der Waals surface area contributed by atoms with Gasteiger partial charge in [-0.2, -0.15) is 0 Å². The zero-order chi connectivity index (χ0) is 20.2. The number of nitrogens with one attached hydrogen (secondary N) is 1. The van der Waals surface area contributed by atoms with Gasteiger partial charge in [-0.25, -0.2) is 14.4 Å². The summed E-state index contributed by atoms with van der Waals surface area (Å²) in [5.41, 5.74) is 3.02. The fourth-order valence-electron chi connectivity index (χ4n) is 3.04. The van der Waals surface area contributed by atoms with Crippen LogP contribution in [0.5, 0.6) is 5.75 Å². The summed E-state index contributed by atoms with van der Waals surface area (Å²) in [6.45, 7) is 0.673. The molecular formula is C21H18ClFN4O2. The number of aliphatic hydroxyl groups excluding tert-OH is 1. The summed E-state index contributed by atoms with van der Waals surface area (Å²) in [6.07, 6.45) is 3.34. The van der Waals surface area contributed by atoms with Gasteiger partial charge in [-0.1, -0.05) is 23.7 Å². The van der Waals surface area contributed by atoms with E-state index in [0.717, 1.165) is 22.3 Å². The minimum Gasteiger partial charge on any atom is -0.487 e. The Morgan fingerprint density at radius 2 is 2.03 bits per heavy atom. The molecule has 0 aliphatic rings. The van der Waals surface area contributed by atoms with Crippen LogP contribution >= 0.6 is 11.6 Å². The van der Waals surface area contributed by atoms with Crippen molar-refractivity contribution in [1.29, 1.82) is 0 Å². The van der Waals surface area contributed by atoms with Crippen molar-refractivity contribution in [2.75, 3.05) is 11.9 Å². The van der Waals surface area contributed by atoms with Gasteiger partial charge in [0.1, 0.15) is 30.0 Å². The highest BCUT2D eigenvalue weighted by Crippen LogP contribution is 2.31. The molecule has 0 amide bonds. The molecule has 0 unspecified atom stereocenters. The van der Waals surface area contributed by atoms with Gasteiger partial charge in [-0.05, 0) is 42.0 Å². The van der Waals surface area contributed by atoms with Crippen molar-refractivity contribution in [3.05, 3.63) is 77.5 Å². The molecule has 2 heterocycles. The van der Waals surface area contributed by atoms with Crippen LogP contribution < -0.4 is 10.1 Å². The van der Waals surface area contributed by atoms with Crippen molar-refractivity contribution in [3.63, 3.8) is 0 Å². The van der Waals surface area contributed by atoms with Gasteiger partial charge in [0.25, 0.3) is 0 Å². The highest BCUT2D eigenvalue weighted by atomic mass is 35.5. The van der Waals surface area contributed by atoms with Crippen LogP contribution in [0.15, 0.2) is 61.1 Å². The van der Waals surface area contributed by atoms with Gasteiger partial charge in [-0.15, -0.1) is 0 Å². The number of ether oxygens (including phenoxy) is 1. The van der Waals surface area contributed by atoms with Crippen molar-refractivity contribution < 1.29 is 14.2 Å². The summed E-state index contributed by atoms with van der Waals surface area (Å²) in [6, 6.07) is 13.4. The third-order valence-corrected chi connectivity index (χ3v) is 4.66. The second-order valence-electron chi connectivity index (χ2n) is 6.38. The highest BCUT2D eigenvalue weighted by Gasteiger charge is 2.11. The monoisotopic (exact) mass is 412 g/mol. The Bertz CT molecular complexity index is 1150. The normalized spacial score (nSPS) is 11.0. The standard InChI is InChI=1S/C21H18ClFN4O2/c22-17-11-16(4-5-19(17)29-12-14-2-1-3-15(23)10-14)26-21-20-18(24-13-25-21)6-7-27(20)8-9-28/h1-7,10-11,13,28H,8-9,12H2,(H,24,25,26). The zero-order valence-electron chi connectivity index (χ0n) is 15.3. The quantitative estimate of drug-likeness (QED) is 0.466. The molecule has 0 fully saturated rings. The van der Waals surface area contributed by atoms with Crippen molar-refractivity contribution >= 4 is 34.1 Å². The molecule has 4 aromatic rings. The van der Waals surface area contributed by atoms with E-state index in [1.54, 1.807) is 24.3 Å². The molecule has 148 valence electrons. The van der Waals surface area contributed by atoms with E-state index in [2.05, 4.69) is 15.3 Å². The lowest BCUT2D eigenvalue weighted by Crippen LogP contribution is -2.04. The van der Waals surface area contributed by atoms with E-state index in [1.807, 2.05) is 22.9 Å². The predicted molar refractivity (Wildman–Crippen MR) is 110 cm³/mol. The van der Waals surface area contributed by atoms with Crippen LogP contribution in [-0.4, -0.2) is 26.2 Å². The Kier molecular flexibility index (Phi) is 5.59. The third kappa shape index (κ3) is 4.31. The molecule has 2 aromatic heterocycles. The van der Waals surface area contributed by atoms with E-state index in [-0.39, 0.29) is 19.0 Å². The van der Waals surface area contributed by atoms with Crippen LogP contribution in [0.25, 0.3) is 11.0 Å². The number of fused-ring (bicyclic) bond motifs is 1. The molecular weight excluding hydrogens is 395 g/mol. The van der Waals surface area contributed by atoms with E-state index in [9.17, 15) is 9.50 Å². The first-order valence-electron chi connectivity index (χ1n) is 8.98. The van der Waals surface area contributed by atoms with Crippen molar-refractivity contribution in [1.82, 2.24) is 14.5 Å². The number of hydrogen-bond acceptors (Lipinski definition) is 5. The first kappa shape index (κ1) is 19.2. The molecule has 6 nitrogen and oxygen atoms in total. The van der Waals surface area contributed by atoms with Gasteiger partial charge in [0.2, 0.25) is 0 Å². The van der Waals surface area contributed by atoms with Crippen LogP contribution in [0.4, 0.5) is 15.9 Å². The predicted octanol–water partition coefficient (Wildman–Crippen LogP) is 4.54. The Morgan fingerprint density at radius 3 is 2.83 bits per heavy atom. The molecule has 2 aromatic carbocycles. The van der Waals surface area contributed by atoms with Crippen LogP contribution in [0.2, 0.25) is 5.02 Å². The van der Waals surface area contributed by atoms with Gasteiger partial charge in [-0.3, -0.25) is 0 Å². The average Bonchev–Trinajstić information content (AvgIpc) is 3.12. The maximum atomic E-state index is 13.3. The topological polar surface area (TPSA) is 72.2 Å². The number of hydrogen-bond donors (Lipinski definition) is 2. The van der Waals surface area contributed by atoms with Crippen LogP contribution in [0.1, 0.15) is 5.56 Å². The molecule has 0 radical (unpaired) electrons. The average molecular weight is 413 g/mol. The minimum absolute atomic E-state index is 0.0152. The summed E-state index contributed by atoms with van der Waals surface area (Å²) in [5, 5.41) is 12.9. The molecule has 4 rings (SSSR count). The van der Waals surface area contributed by atoms with Gasteiger partial charge in [0.15, 0.2) is 5.82 Å². The number of aromatic nitrogens is 3. The van der Waals surface area contributed by atoms with Crippen molar-refractivity contribution in [3.8, 4) is 5.75 Å². The Labute approximate surface area is 171 Å². The smallest absolute Gasteiger partial charge is 0.158 e. The molecule has 0 aliphatic carbocycles. The van der Waals surface area contributed by atoms with Crippen molar-refractivity contribution in [2.24, 2.45) is 0 Å². The molecule has 0 saturated carbocycles. The van der Waals surface area contributed by atoms with Crippen LogP contribution in [0, 0.1) is 5.82 Å². The molecule has 0 spiro atoms. The maximum absolute atomic E-state index is 13.3. The van der Waals surface area contributed by atoms with E-state index >= 15 is 0 Å². The summed E-state index contributed by atoms with van der Waals surface area (Å²) >= 11 is 6.36. The zero-order valence-corrected chi connectivity index (χ0v) is 16.1. The van der Waals surface area contributed by atoms with Gasteiger partial charge in [0, 0.05) is 18.4 Å². The fraction of sp³-hybridized carbons (Fsp3) is 0.143. The van der Waals surface area contributed by atoms with Gasteiger partial charge in [0.05, 0.1) is 17.1 Å². The number of benzene rings is 2. The van der Waals surface area contributed by atoms with E-state index in [1.165, 1.54) is 18.5 Å². The largest absolute Gasteiger partial charge is 0.487 e. The van der Waals surface area contributed by atoms with E-state index in [4.69, 9.17) is 16.3 Å². The SMILES string of the molecule is OCCn1ccc2ncnc(Nc3ccc(OCc4cccc(F)c4)c(Cl)c3)c21. The van der Waals surface area contributed by atoms with Gasteiger partial charge < -0.3 is 19.7 Å². The van der Waals surface area contributed by atoms with Gasteiger partial charge >= 0.3 is 0 Å². The van der Waals surface area contributed by atoms with Crippen LogP contribution in [0.3, 0.4) is 0 Å². The lowest BCUT2D eigenvalue weighted by molar-refractivity contribution is 0.278. The fourth-order valence-corrected chi connectivity index (χ4v) is 3.27. The van der Waals surface area contributed by atoms with E-state index in [0.29, 0.717) is 23.1 Å². The summed E-state index contributed by atoms with van der Waals surface area (Å²) in [5.74, 6) is 0.801. The van der Waals surface area contributed by atoms with E-state index < -0.39 is 0 Å². The highest BCUT2D eigenvalue weighted by molar-refractivity contribution is 6.32. The lowest BCUT2D eigenvalue weighted by Gasteiger charge is -2.12. The summed E-state index contributed by atoms with van der Waals surface area (Å²) < 4.78 is 20.9. The molecule has 0 saturated heterocycles.